The molecular weight excluding hydrogens is 242 g/mol. The van der Waals surface area contributed by atoms with E-state index in [-0.39, 0.29) is 0 Å². The molecule has 1 saturated heterocycles. The molecule has 18 heavy (non-hydrogen) atoms. The third-order valence-corrected chi connectivity index (χ3v) is 4.98. The third-order valence-electron chi connectivity index (χ3n) is 3.50. The average Bonchev–Trinajstić information content (AvgIpc) is 2.91. The van der Waals surface area contributed by atoms with E-state index in [9.17, 15) is 4.21 Å². The highest BCUT2D eigenvalue weighted by Crippen LogP contribution is 2.19. The fourth-order valence-electron chi connectivity index (χ4n) is 2.49. The van der Waals surface area contributed by atoms with Crippen LogP contribution in [0, 0.1) is 0 Å². The van der Waals surface area contributed by atoms with Gasteiger partial charge >= 0.3 is 0 Å². The fraction of sp³-hybridized carbons (Fsp3) is 0.333. The normalized spacial score (nSPS) is 21.2. The third kappa shape index (κ3) is 2.47. The molecule has 1 heterocycles. The molecule has 0 aliphatic carbocycles. The molecule has 0 saturated carbocycles. The van der Waals surface area contributed by atoms with Crippen LogP contribution >= 0.6 is 0 Å². The number of rotatable bonds is 3. The Morgan fingerprint density at radius 1 is 1.17 bits per heavy atom. The molecule has 1 fully saturated rings. The van der Waals surface area contributed by atoms with Crippen LogP contribution in [-0.4, -0.2) is 22.5 Å². The molecule has 2 atom stereocenters. The highest BCUT2D eigenvalue weighted by atomic mass is 32.2. The molecule has 94 valence electrons. The molecule has 0 spiro atoms. The molecule has 1 aliphatic rings. The molecule has 1 unspecified atom stereocenters. The van der Waals surface area contributed by atoms with Gasteiger partial charge in [-0.15, -0.1) is 0 Å². The van der Waals surface area contributed by atoms with Crippen LogP contribution < -0.4 is 5.32 Å². The monoisotopic (exact) mass is 259 g/mol. The van der Waals surface area contributed by atoms with Crippen molar-refractivity contribution in [2.75, 3.05) is 12.3 Å². The van der Waals surface area contributed by atoms with E-state index in [0.29, 0.717) is 6.04 Å². The molecule has 3 heteroatoms. The first-order valence-corrected chi connectivity index (χ1v) is 7.75. The van der Waals surface area contributed by atoms with Crippen molar-refractivity contribution >= 4 is 21.6 Å². The Bertz CT molecular complexity index is 575. The Morgan fingerprint density at radius 2 is 2.00 bits per heavy atom. The van der Waals surface area contributed by atoms with Gasteiger partial charge in [0.15, 0.2) is 0 Å². The van der Waals surface area contributed by atoms with Crippen LogP contribution in [-0.2, 0) is 10.8 Å². The summed E-state index contributed by atoms with van der Waals surface area (Å²) in [6.45, 7) is 1.07. The summed E-state index contributed by atoms with van der Waals surface area (Å²) < 4.78 is 12.3. The summed E-state index contributed by atoms with van der Waals surface area (Å²) in [4.78, 5) is 0.947. The number of nitrogens with one attached hydrogen (secondary N) is 1. The van der Waals surface area contributed by atoms with Gasteiger partial charge in [0.2, 0.25) is 0 Å². The average molecular weight is 259 g/mol. The molecule has 0 bridgehead atoms. The lowest BCUT2D eigenvalue weighted by atomic mass is 10.1. The SMILES string of the molecule is O=S(C[C@@H]1CCCN1)c1ccc2ccccc2c1. The standard InChI is InChI=1S/C15H17NOS/c17-18(11-14-6-3-9-16-14)15-8-7-12-4-1-2-5-13(12)10-15/h1-2,4-5,7-8,10,14,16H,3,6,9,11H2/t14-,18?/m0/s1. The molecule has 3 rings (SSSR count). The summed E-state index contributed by atoms with van der Waals surface area (Å²) in [6, 6.07) is 14.7. The highest BCUT2D eigenvalue weighted by Gasteiger charge is 2.17. The lowest BCUT2D eigenvalue weighted by molar-refractivity contribution is 0.643. The van der Waals surface area contributed by atoms with E-state index < -0.39 is 10.8 Å². The minimum atomic E-state index is -0.892. The molecule has 2 aromatic carbocycles. The Balaban J connectivity index is 1.82. The first-order chi connectivity index (χ1) is 8.83. The predicted octanol–water partition coefficient (Wildman–Crippen LogP) is 2.70. The highest BCUT2D eigenvalue weighted by molar-refractivity contribution is 7.85. The van der Waals surface area contributed by atoms with E-state index in [1.54, 1.807) is 0 Å². The number of benzene rings is 2. The van der Waals surface area contributed by atoms with Gasteiger partial charge in [0, 0.05) is 16.7 Å². The van der Waals surface area contributed by atoms with Crippen LogP contribution in [0.25, 0.3) is 10.8 Å². The van der Waals surface area contributed by atoms with Gasteiger partial charge in [-0.05, 0) is 42.3 Å². The first-order valence-electron chi connectivity index (χ1n) is 6.43. The quantitative estimate of drug-likeness (QED) is 0.918. The smallest absolute Gasteiger partial charge is 0.0545 e. The summed E-state index contributed by atoms with van der Waals surface area (Å²) >= 11 is 0. The molecule has 0 radical (unpaired) electrons. The van der Waals surface area contributed by atoms with E-state index in [0.717, 1.165) is 23.6 Å². The van der Waals surface area contributed by atoms with Crippen LogP contribution in [0.1, 0.15) is 12.8 Å². The lowest BCUT2D eigenvalue weighted by Gasteiger charge is -2.10. The van der Waals surface area contributed by atoms with Gasteiger partial charge in [-0.25, -0.2) is 0 Å². The largest absolute Gasteiger partial charge is 0.313 e. The maximum atomic E-state index is 12.3. The minimum absolute atomic E-state index is 0.428. The number of hydrogen-bond donors (Lipinski definition) is 1. The summed E-state index contributed by atoms with van der Waals surface area (Å²) in [5.74, 6) is 0.734. The fourth-order valence-corrected chi connectivity index (χ4v) is 3.81. The van der Waals surface area contributed by atoms with Gasteiger partial charge in [-0.1, -0.05) is 30.3 Å². The van der Waals surface area contributed by atoms with E-state index in [1.165, 1.54) is 17.2 Å². The van der Waals surface area contributed by atoms with Crippen molar-refractivity contribution in [3.05, 3.63) is 42.5 Å². The van der Waals surface area contributed by atoms with Crippen molar-refractivity contribution in [1.82, 2.24) is 5.32 Å². The molecule has 1 aliphatic heterocycles. The van der Waals surface area contributed by atoms with E-state index in [4.69, 9.17) is 0 Å². The maximum Gasteiger partial charge on any atom is 0.0545 e. The van der Waals surface area contributed by atoms with Crippen molar-refractivity contribution in [2.24, 2.45) is 0 Å². The molecule has 0 aromatic heterocycles. The van der Waals surface area contributed by atoms with Gasteiger partial charge in [0.25, 0.3) is 0 Å². The van der Waals surface area contributed by atoms with Crippen molar-refractivity contribution in [3.63, 3.8) is 0 Å². The van der Waals surface area contributed by atoms with E-state index in [2.05, 4.69) is 29.6 Å². The van der Waals surface area contributed by atoms with Gasteiger partial charge in [0.05, 0.1) is 10.8 Å². The van der Waals surface area contributed by atoms with Gasteiger partial charge in [-0.3, -0.25) is 4.21 Å². The lowest BCUT2D eigenvalue weighted by Crippen LogP contribution is -2.27. The Kier molecular flexibility index (Phi) is 3.43. The Morgan fingerprint density at radius 3 is 2.78 bits per heavy atom. The van der Waals surface area contributed by atoms with Crippen molar-refractivity contribution in [3.8, 4) is 0 Å². The second-order valence-corrected chi connectivity index (χ2v) is 6.31. The van der Waals surface area contributed by atoms with Crippen LogP contribution in [0.3, 0.4) is 0 Å². The predicted molar refractivity (Wildman–Crippen MR) is 76.2 cm³/mol. The summed E-state index contributed by atoms with van der Waals surface area (Å²) in [5.41, 5.74) is 0. The molecule has 2 aromatic rings. The number of hydrogen-bond acceptors (Lipinski definition) is 2. The van der Waals surface area contributed by atoms with Crippen LogP contribution in [0.15, 0.2) is 47.4 Å². The minimum Gasteiger partial charge on any atom is -0.313 e. The summed E-state index contributed by atoms with van der Waals surface area (Å²) in [5, 5.41) is 5.78. The summed E-state index contributed by atoms with van der Waals surface area (Å²) in [6.07, 6.45) is 2.36. The van der Waals surface area contributed by atoms with Gasteiger partial charge in [-0.2, -0.15) is 0 Å². The Labute approximate surface area is 110 Å². The van der Waals surface area contributed by atoms with Crippen molar-refractivity contribution < 1.29 is 4.21 Å². The van der Waals surface area contributed by atoms with Crippen LogP contribution in [0.4, 0.5) is 0 Å². The zero-order chi connectivity index (χ0) is 12.4. The van der Waals surface area contributed by atoms with Crippen molar-refractivity contribution in [1.29, 1.82) is 0 Å². The molecule has 2 nitrogen and oxygen atoms in total. The number of fused-ring (bicyclic) bond motifs is 1. The topological polar surface area (TPSA) is 29.1 Å². The molecule has 1 N–H and O–H groups in total. The second-order valence-electron chi connectivity index (χ2n) is 4.81. The van der Waals surface area contributed by atoms with Gasteiger partial charge in [0.1, 0.15) is 0 Å². The molecule has 0 amide bonds. The maximum absolute atomic E-state index is 12.3. The molecular formula is C15H17NOS. The first kappa shape index (κ1) is 11.9. The zero-order valence-corrected chi connectivity index (χ0v) is 11.1. The van der Waals surface area contributed by atoms with E-state index >= 15 is 0 Å². The Hall–Kier alpha value is -1.19. The van der Waals surface area contributed by atoms with E-state index in [1.807, 2.05) is 18.2 Å². The second kappa shape index (κ2) is 5.21. The van der Waals surface area contributed by atoms with Crippen LogP contribution in [0.2, 0.25) is 0 Å². The van der Waals surface area contributed by atoms with Crippen LogP contribution in [0.5, 0.6) is 0 Å². The van der Waals surface area contributed by atoms with Gasteiger partial charge < -0.3 is 5.32 Å². The summed E-state index contributed by atoms with van der Waals surface area (Å²) in [7, 11) is -0.892. The van der Waals surface area contributed by atoms with Crippen molar-refractivity contribution in [2.45, 2.75) is 23.8 Å². The zero-order valence-electron chi connectivity index (χ0n) is 10.3.